The standard InChI is InChI=1S/C18H19BrF3NO/c19-18-6-10-3-11(7-18)5-17(4-10,9-18)8-14(24)23-13-2-1-12(20)15(21)16(13)22/h1-2,10-11H,3-9H2,(H,23,24)/t10-,11-,17?,18?/m1/s1. The van der Waals surface area contributed by atoms with E-state index in [0.29, 0.717) is 18.3 Å². The van der Waals surface area contributed by atoms with E-state index < -0.39 is 17.5 Å². The number of nitrogens with one attached hydrogen (secondary N) is 1. The highest BCUT2D eigenvalue weighted by Crippen LogP contribution is 2.65. The fourth-order valence-electron chi connectivity index (χ4n) is 5.70. The molecule has 0 spiro atoms. The molecule has 4 bridgehead atoms. The van der Waals surface area contributed by atoms with Gasteiger partial charge in [0, 0.05) is 10.7 Å². The molecule has 6 heteroatoms. The van der Waals surface area contributed by atoms with Crippen molar-refractivity contribution in [2.75, 3.05) is 5.32 Å². The maximum absolute atomic E-state index is 13.7. The van der Waals surface area contributed by atoms with Crippen LogP contribution in [0.2, 0.25) is 0 Å². The van der Waals surface area contributed by atoms with Gasteiger partial charge in [0.1, 0.15) is 0 Å². The summed E-state index contributed by atoms with van der Waals surface area (Å²) in [7, 11) is 0. The first-order valence-electron chi connectivity index (χ1n) is 8.40. The third-order valence-electron chi connectivity index (χ3n) is 5.96. The van der Waals surface area contributed by atoms with Crippen molar-refractivity contribution in [1.29, 1.82) is 0 Å². The number of anilines is 1. The lowest BCUT2D eigenvalue weighted by molar-refractivity contribution is -0.123. The molecule has 2 atom stereocenters. The molecule has 0 saturated heterocycles. The van der Waals surface area contributed by atoms with Gasteiger partial charge in [0.05, 0.1) is 5.69 Å². The van der Waals surface area contributed by atoms with Crippen LogP contribution in [0.3, 0.4) is 0 Å². The van der Waals surface area contributed by atoms with Crippen LogP contribution in [0.25, 0.3) is 0 Å². The lowest BCUT2D eigenvalue weighted by Crippen LogP contribution is -2.53. The summed E-state index contributed by atoms with van der Waals surface area (Å²) in [6.07, 6.45) is 6.92. The molecular weight excluding hydrogens is 383 g/mol. The molecule has 0 aliphatic heterocycles. The molecule has 2 nitrogen and oxygen atoms in total. The van der Waals surface area contributed by atoms with E-state index in [1.807, 2.05) is 0 Å². The van der Waals surface area contributed by atoms with Crippen LogP contribution in [-0.2, 0) is 4.79 Å². The first-order valence-corrected chi connectivity index (χ1v) is 9.19. The minimum absolute atomic E-state index is 0.0489. The molecule has 0 unspecified atom stereocenters. The first kappa shape index (κ1) is 16.4. The van der Waals surface area contributed by atoms with E-state index in [-0.39, 0.29) is 21.3 Å². The number of hydrogen-bond acceptors (Lipinski definition) is 1. The van der Waals surface area contributed by atoms with Crippen molar-refractivity contribution in [3.05, 3.63) is 29.6 Å². The highest BCUT2D eigenvalue weighted by molar-refractivity contribution is 9.10. The molecule has 4 aliphatic carbocycles. The summed E-state index contributed by atoms with van der Waals surface area (Å²) in [6.45, 7) is 0. The molecule has 0 radical (unpaired) electrons. The van der Waals surface area contributed by atoms with E-state index in [4.69, 9.17) is 0 Å². The van der Waals surface area contributed by atoms with E-state index in [9.17, 15) is 18.0 Å². The van der Waals surface area contributed by atoms with Crippen molar-refractivity contribution in [3.8, 4) is 0 Å². The normalized spacial score (nSPS) is 36.8. The number of carbonyl (C=O) groups excluding carboxylic acids is 1. The Bertz CT molecular complexity index is 694. The second kappa shape index (κ2) is 5.48. The Kier molecular flexibility index (Phi) is 3.75. The Morgan fingerprint density at radius 1 is 1.12 bits per heavy atom. The molecular formula is C18H19BrF3NO. The molecule has 24 heavy (non-hydrogen) atoms. The average Bonchev–Trinajstić information content (AvgIpc) is 2.45. The molecule has 1 aromatic rings. The molecule has 1 aromatic carbocycles. The summed E-state index contributed by atoms with van der Waals surface area (Å²) in [5, 5.41) is 2.43. The smallest absolute Gasteiger partial charge is 0.225 e. The average molecular weight is 402 g/mol. The van der Waals surface area contributed by atoms with Crippen LogP contribution in [0.5, 0.6) is 0 Å². The number of benzene rings is 1. The van der Waals surface area contributed by atoms with Crippen molar-refractivity contribution in [3.63, 3.8) is 0 Å². The lowest BCUT2D eigenvalue weighted by Gasteiger charge is -2.60. The molecule has 5 rings (SSSR count). The fourth-order valence-corrected chi connectivity index (χ4v) is 7.21. The summed E-state index contributed by atoms with van der Waals surface area (Å²) in [5.74, 6) is -3.17. The van der Waals surface area contributed by atoms with E-state index in [1.165, 1.54) is 19.3 Å². The number of hydrogen-bond donors (Lipinski definition) is 1. The highest BCUT2D eigenvalue weighted by Gasteiger charge is 2.57. The van der Waals surface area contributed by atoms with Crippen molar-refractivity contribution < 1.29 is 18.0 Å². The number of amides is 1. The summed E-state index contributed by atoms with van der Waals surface area (Å²) in [4.78, 5) is 12.4. The minimum atomic E-state index is -1.55. The third kappa shape index (κ3) is 2.76. The molecule has 4 aliphatic rings. The van der Waals surface area contributed by atoms with E-state index in [1.54, 1.807) is 0 Å². The molecule has 130 valence electrons. The predicted octanol–water partition coefficient (Wildman–Crippen LogP) is 5.17. The predicted molar refractivity (Wildman–Crippen MR) is 88.3 cm³/mol. The van der Waals surface area contributed by atoms with Gasteiger partial charge in [-0.25, -0.2) is 13.2 Å². The van der Waals surface area contributed by atoms with Gasteiger partial charge in [-0.2, -0.15) is 0 Å². The van der Waals surface area contributed by atoms with E-state index in [2.05, 4.69) is 21.2 Å². The van der Waals surface area contributed by atoms with Crippen molar-refractivity contribution >= 4 is 27.5 Å². The second-order valence-corrected chi connectivity index (χ2v) is 9.74. The summed E-state index contributed by atoms with van der Waals surface area (Å²) in [6, 6.07) is 1.89. The van der Waals surface area contributed by atoms with Crippen LogP contribution < -0.4 is 5.32 Å². The Morgan fingerprint density at radius 2 is 1.79 bits per heavy atom. The van der Waals surface area contributed by atoms with Gasteiger partial charge < -0.3 is 5.32 Å². The third-order valence-corrected chi connectivity index (χ3v) is 6.88. The van der Waals surface area contributed by atoms with Crippen LogP contribution in [-0.4, -0.2) is 10.2 Å². The van der Waals surface area contributed by atoms with Gasteiger partial charge in [0.25, 0.3) is 0 Å². The molecule has 0 heterocycles. The number of carbonyl (C=O) groups is 1. The Morgan fingerprint density at radius 3 is 2.42 bits per heavy atom. The van der Waals surface area contributed by atoms with Crippen LogP contribution in [0, 0.1) is 34.7 Å². The van der Waals surface area contributed by atoms with Gasteiger partial charge in [0.2, 0.25) is 5.91 Å². The van der Waals surface area contributed by atoms with Gasteiger partial charge in [-0.15, -0.1) is 0 Å². The topological polar surface area (TPSA) is 29.1 Å². The maximum atomic E-state index is 13.7. The SMILES string of the molecule is O=C(CC12C[C@H]3C[C@@H](CC(Br)(C3)C1)C2)Nc1ccc(F)c(F)c1F. The maximum Gasteiger partial charge on any atom is 0.225 e. The van der Waals surface area contributed by atoms with Crippen molar-refractivity contribution in [2.24, 2.45) is 17.3 Å². The Hall–Kier alpha value is -1.04. The zero-order chi connectivity index (χ0) is 17.1. The summed E-state index contributed by atoms with van der Waals surface area (Å²) in [5.41, 5.74) is -0.343. The van der Waals surface area contributed by atoms with Gasteiger partial charge in [-0.05, 0) is 67.9 Å². The van der Waals surface area contributed by atoms with Crippen molar-refractivity contribution in [2.45, 2.75) is 49.3 Å². The monoisotopic (exact) mass is 401 g/mol. The zero-order valence-corrected chi connectivity index (χ0v) is 14.8. The largest absolute Gasteiger partial charge is 0.323 e. The zero-order valence-electron chi connectivity index (χ0n) is 13.2. The van der Waals surface area contributed by atoms with Gasteiger partial charge in [-0.1, -0.05) is 15.9 Å². The number of halogens is 4. The van der Waals surface area contributed by atoms with Gasteiger partial charge >= 0.3 is 0 Å². The molecule has 4 fully saturated rings. The van der Waals surface area contributed by atoms with Gasteiger partial charge in [0.15, 0.2) is 17.5 Å². The summed E-state index contributed by atoms with van der Waals surface area (Å²) < 4.78 is 40.2. The molecule has 1 amide bonds. The fraction of sp³-hybridized carbons (Fsp3) is 0.611. The molecule has 4 saturated carbocycles. The van der Waals surface area contributed by atoms with Crippen LogP contribution in [0.15, 0.2) is 12.1 Å². The van der Waals surface area contributed by atoms with E-state index >= 15 is 0 Å². The number of rotatable bonds is 3. The quantitative estimate of drug-likeness (QED) is 0.549. The van der Waals surface area contributed by atoms with E-state index in [0.717, 1.165) is 31.4 Å². The molecule has 1 N–H and O–H groups in total. The highest BCUT2D eigenvalue weighted by atomic mass is 79.9. The van der Waals surface area contributed by atoms with Gasteiger partial charge in [-0.3, -0.25) is 4.79 Å². The Labute approximate surface area is 147 Å². The second-order valence-electron chi connectivity index (χ2n) is 8.06. The summed E-state index contributed by atoms with van der Waals surface area (Å²) >= 11 is 3.90. The van der Waals surface area contributed by atoms with Crippen LogP contribution in [0.1, 0.15) is 44.9 Å². The lowest BCUT2D eigenvalue weighted by atomic mass is 9.48. The first-order chi connectivity index (χ1) is 11.3. The van der Waals surface area contributed by atoms with Crippen molar-refractivity contribution in [1.82, 2.24) is 0 Å². The Balaban J connectivity index is 1.50. The molecule has 0 aromatic heterocycles. The van der Waals surface area contributed by atoms with Crippen LogP contribution in [0.4, 0.5) is 18.9 Å². The minimum Gasteiger partial charge on any atom is -0.323 e. The number of alkyl halides is 1. The van der Waals surface area contributed by atoms with Crippen LogP contribution >= 0.6 is 15.9 Å².